The van der Waals surface area contributed by atoms with Crippen LogP contribution in [0.5, 0.6) is 0 Å². The van der Waals surface area contributed by atoms with Crippen molar-refractivity contribution < 1.29 is 0 Å². The summed E-state index contributed by atoms with van der Waals surface area (Å²) in [5.74, 6) is 0. The summed E-state index contributed by atoms with van der Waals surface area (Å²) in [5.41, 5.74) is 2.01. The maximum Gasteiger partial charge on any atom is 0.131 e. The molecule has 0 atom stereocenters. The molecule has 0 saturated heterocycles. The number of halogens is 1. The first-order valence-corrected chi connectivity index (χ1v) is 5.79. The highest BCUT2D eigenvalue weighted by Gasteiger charge is 2.09. The molecule has 0 aliphatic carbocycles. The highest BCUT2D eigenvalue weighted by atomic mass is 35.5. The maximum absolute atomic E-state index is 6.13. The van der Waals surface area contributed by atoms with E-state index in [4.69, 9.17) is 11.6 Å². The Hall–Kier alpha value is -1.40. The molecule has 2 aromatic rings. The van der Waals surface area contributed by atoms with E-state index in [-0.39, 0.29) is 0 Å². The average molecular weight is 255 g/mol. The molecule has 0 aromatic carbocycles. The van der Waals surface area contributed by atoms with E-state index in [1.807, 2.05) is 20.2 Å². The Labute approximate surface area is 105 Å². The van der Waals surface area contributed by atoms with Gasteiger partial charge in [0.15, 0.2) is 0 Å². The molecule has 7 heteroatoms. The van der Waals surface area contributed by atoms with Crippen LogP contribution in [-0.2, 0) is 20.1 Å². The normalized spacial score (nSPS) is 11.0. The van der Waals surface area contributed by atoms with Gasteiger partial charge >= 0.3 is 0 Å². The SMILES string of the molecule is Cc1nn(C)c(Cl)c1CNCCn1ccnn1. The molecule has 92 valence electrons. The molecule has 0 bridgehead atoms. The van der Waals surface area contributed by atoms with Gasteiger partial charge in [-0.2, -0.15) is 5.10 Å². The fourth-order valence-corrected chi connectivity index (χ4v) is 1.88. The van der Waals surface area contributed by atoms with E-state index in [2.05, 4.69) is 20.7 Å². The minimum Gasteiger partial charge on any atom is -0.311 e. The highest BCUT2D eigenvalue weighted by molar-refractivity contribution is 6.30. The van der Waals surface area contributed by atoms with Crippen molar-refractivity contribution in [3.63, 3.8) is 0 Å². The molecule has 2 rings (SSSR count). The second-order valence-corrected chi connectivity index (χ2v) is 4.18. The van der Waals surface area contributed by atoms with Crippen LogP contribution < -0.4 is 5.32 Å². The number of nitrogens with zero attached hydrogens (tertiary/aromatic N) is 5. The van der Waals surface area contributed by atoms with Gasteiger partial charge in [0, 0.05) is 31.9 Å². The molecule has 1 N–H and O–H groups in total. The maximum atomic E-state index is 6.13. The van der Waals surface area contributed by atoms with E-state index >= 15 is 0 Å². The van der Waals surface area contributed by atoms with Crippen LogP contribution >= 0.6 is 11.6 Å². The Kier molecular flexibility index (Phi) is 3.75. The van der Waals surface area contributed by atoms with Crippen LogP contribution in [0.15, 0.2) is 12.4 Å². The first kappa shape index (κ1) is 12.1. The molecule has 0 fully saturated rings. The third-order valence-electron chi connectivity index (χ3n) is 2.56. The highest BCUT2D eigenvalue weighted by Crippen LogP contribution is 2.17. The number of hydrogen-bond acceptors (Lipinski definition) is 4. The molecule has 2 heterocycles. The quantitative estimate of drug-likeness (QED) is 0.801. The second-order valence-electron chi connectivity index (χ2n) is 3.82. The molecule has 0 radical (unpaired) electrons. The molecule has 0 amide bonds. The van der Waals surface area contributed by atoms with Gasteiger partial charge in [0.2, 0.25) is 0 Å². The summed E-state index contributed by atoms with van der Waals surface area (Å²) in [6, 6.07) is 0. The Balaban J connectivity index is 1.82. The van der Waals surface area contributed by atoms with E-state index in [9.17, 15) is 0 Å². The Morgan fingerprint density at radius 3 is 2.88 bits per heavy atom. The Bertz CT molecular complexity index is 475. The minimum atomic E-state index is 0.691. The van der Waals surface area contributed by atoms with Gasteiger partial charge in [-0.25, -0.2) is 0 Å². The number of rotatable bonds is 5. The number of aromatic nitrogens is 5. The van der Waals surface area contributed by atoms with Gasteiger partial charge in [-0.05, 0) is 6.92 Å². The third kappa shape index (κ3) is 2.83. The molecule has 0 aliphatic heterocycles. The smallest absolute Gasteiger partial charge is 0.131 e. The summed E-state index contributed by atoms with van der Waals surface area (Å²) in [5, 5.41) is 15.9. The van der Waals surface area contributed by atoms with Crippen LogP contribution in [0.1, 0.15) is 11.3 Å². The van der Waals surface area contributed by atoms with Crippen molar-refractivity contribution in [1.29, 1.82) is 0 Å². The lowest BCUT2D eigenvalue weighted by atomic mass is 10.2. The topological polar surface area (TPSA) is 60.6 Å². The van der Waals surface area contributed by atoms with Gasteiger partial charge in [0.05, 0.1) is 18.4 Å². The number of aryl methyl sites for hydroxylation is 2. The molecule has 0 aliphatic rings. The van der Waals surface area contributed by atoms with Crippen molar-refractivity contribution in [3.8, 4) is 0 Å². The monoisotopic (exact) mass is 254 g/mol. The van der Waals surface area contributed by atoms with E-state index in [1.54, 1.807) is 15.6 Å². The van der Waals surface area contributed by atoms with Crippen molar-refractivity contribution in [3.05, 3.63) is 28.8 Å². The van der Waals surface area contributed by atoms with Gasteiger partial charge in [-0.3, -0.25) is 9.36 Å². The zero-order chi connectivity index (χ0) is 12.3. The molecule has 0 saturated carbocycles. The zero-order valence-electron chi connectivity index (χ0n) is 9.89. The van der Waals surface area contributed by atoms with Crippen LogP contribution in [-0.4, -0.2) is 31.3 Å². The third-order valence-corrected chi connectivity index (χ3v) is 3.03. The predicted octanol–water partition coefficient (Wildman–Crippen LogP) is 0.763. The van der Waals surface area contributed by atoms with E-state index in [0.717, 1.165) is 24.3 Å². The first-order chi connectivity index (χ1) is 8.18. The largest absolute Gasteiger partial charge is 0.311 e. The summed E-state index contributed by atoms with van der Waals surface area (Å²) < 4.78 is 3.47. The van der Waals surface area contributed by atoms with Crippen LogP contribution in [0.3, 0.4) is 0 Å². The molecule has 17 heavy (non-hydrogen) atoms. The molecular weight excluding hydrogens is 240 g/mol. The van der Waals surface area contributed by atoms with Crippen molar-refractivity contribution in [1.82, 2.24) is 30.1 Å². The summed E-state index contributed by atoms with van der Waals surface area (Å²) in [6.45, 7) is 4.28. The Morgan fingerprint density at radius 1 is 1.47 bits per heavy atom. The fourth-order valence-electron chi connectivity index (χ4n) is 1.63. The van der Waals surface area contributed by atoms with Crippen molar-refractivity contribution in [2.24, 2.45) is 7.05 Å². The number of nitrogens with one attached hydrogen (secondary N) is 1. The number of hydrogen-bond donors (Lipinski definition) is 1. The lowest BCUT2D eigenvalue weighted by Crippen LogP contribution is -2.20. The first-order valence-electron chi connectivity index (χ1n) is 5.41. The standard InChI is InChI=1S/C10H15ClN6/c1-8-9(10(11)16(2)14-8)7-12-3-5-17-6-4-13-15-17/h4,6,12H,3,5,7H2,1-2H3. The lowest BCUT2D eigenvalue weighted by Gasteiger charge is -2.04. The van der Waals surface area contributed by atoms with Crippen molar-refractivity contribution in [2.45, 2.75) is 20.0 Å². The zero-order valence-corrected chi connectivity index (χ0v) is 10.6. The molecule has 0 unspecified atom stereocenters. The molecule has 0 spiro atoms. The summed E-state index contributed by atoms with van der Waals surface area (Å²) in [7, 11) is 1.84. The van der Waals surface area contributed by atoms with Crippen LogP contribution in [0.2, 0.25) is 5.15 Å². The van der Waals surface area contributed by atoms with E-state index < -0.39 is 0 Å². The average Bonchev–Trinajstić information content (AvgIpc) is 2.87. The van der Waals surface area contributed by atoms with Crippen LogP contribution in [0.4, 0.5) is 0 Å². The van der Waals surface area contributed by atoms with E-state index in [0.29, 0.717) is 11.7 Å². The summed E-state index contributed by atoms with van der Waals surface area (Å²) >= 11 is 6.13. The predicted molar refractivity (Wildman–Crippen MR) is 64.7 cm³/mol. The lowest BCUT2D eigenvalue weighted by molar-refractivity contribution is 0.539. The van der Waals surface area contributed by atoms with Gasteiger partial charge in [0.25, 0.3) is 0 Å². The second kappa shape index (κ2) is 5.29. The molecule has 6 nitrogen and oxygen atoms in total. The molecule has 2 aromatic heterocycles. The van der Waals surface area contributed by atoms with Gasteiger partial charge < -0.3 is 5.32 Å². The molecular formula is C10H15ClN6. The van der Waals surface area contributed by atoms with Crippen LogP contribution in [0, 0.1) is 6.92 Å². The van der Waals surface area contributed by atoms with E-state index in [1.165, 1.54) is 0 Å². The van der Waals surface area contributed by atoms with Gasteiger partial charge in [-0.1, -0.05) is 16.8 Å². The summed E-state index contributed by atoms with van der Waals surface area (Å²) in [4.78, 5) is 0. The minimum absolute atomic E-state index is 0.691. The summed E-state index contributed by atoms with van der Waals surface area (Å²) in [6.07, 6.45) is 3.51. The van der Waals surface area contributed by atoms with Gasteiger partial charge in [-0.15, -0.1) is 5.10 Å². The van der Waals surface area contributed by atoms with Gasteiger partial charge in [0.1, 0.15) is 5.15 Å². The van der Waals surface area contributed by atoms with Crippen molar-refractivity contribution in [2.75, 3.05) is 6.54 Å². The Morgan fingerprint density at radius 2 is 2.29 bits per heavy atom. The fraction of sp³-hybridized carbons (Fsp3) is 0.500. The van der Waals surface area contributed by atoms with Crippen LogP contribution in [0.25, 0.3) is 0 Å². The van der Waals surface area contributed by atoms with Crippen molar-refractivity contribution >= 4 is 11.6 Å².